The third-order valence-corrected chi connectivity index (χ3v) is 4.41. The molecule has 0 radical (unpaired) electrons. The van der Waals surface area contributed by atoms with E-state index in [1.165, 1.54) is 5.56 Å². The molecule has 0 saturated carbocycles. The molecule has 3 heterocycles. The van der Waals surface area contributed by atoms with Crippen molar-refractivity contribution in [3.63, 3.8) is 0 Å². The second-order valence-electron chi connectivity index (χ2n) is 7.96. The molecule has 1 aromatic carbocycles. The third-order valence-electron chi connectivity index (χ3n) is 4.41. The van der Waals surface area contributed by atoms with Crippen LogP contribution in [0, 0.1) is 5.41 Å². The minimum Gasteiger partial charge on any atom is -0.449 e. The minimum absolute atomic E-state index is 0.249. The molecule has 4 rings (SSSR count). The lowest BCUT2D eigenvalue weighted by atomic mass is 9.88. The largest absolute Gasteiger partial charge is 0.449 e. The molecule has 0 amide bonds. The van der Waals surface area contributed by atoms with Gasteiger partial charge in [-0.25, -0.2) is 4.57 Å². The molecule has 3 nitrogen and oxygen atoms in total. The topological polar surface area (TPSA) is 29.9 Å². The van der Waals surface area contributed by atoms with E-state index in [1.807, 2.05) is 30.2 Å². The molecule has 126 valence electrons. The third kappa shape index (κ3) is 3.02. The molecule has 0 saturated heterocycles. The number of para-hydroxylation sites is 1. The Bertz CT molecular complexity index is 1070. The first-order valence-electron chi connectivity index (χ1n) is 8.66. The molecule has 0 N–H and O–H groups in total. The highest BCUT2D eigenvalue weighted by atomic mass is 16.3. The maximum Gasteiger partial charge on any atom is 0.212 e. The molecule has 4 aromatic rings. The molecule has 25 heavy (non-hydrogen) atoms. The second kappa shape index (κ2) is 5.69. The maximum absolute atomic E-state index is 6.20. The highest BCUT2D eigenvalue weighted by Gasteiger charge is 2.16. The van der Waals surface area contributed by atoms with Crippen LogP contribution in [0.15, 0.2) is 59.4 Å². The van der Waals surface area contributed by atoms with Crippen molar-refractivity contribution in [2.45, 2.75) is 27.2 Å². The van der Waals surface area contributed by atoms with Gasteiger partial charge in [0.25, 0.3) is 0 Å². The molecule has 0 bridgehead atoms. The fraction of sp³-hybridized carbons (Fsp3) is 0.273. The van der Waals surface area contributed by atoms with E-state index >= 15 is 0 Å². The van der Waals surface area contributed by atoms with Gasteiger partial charge in [0.2, 0.25) is 6.20 Å². The number of hydrogen-bond donors (Lipinski definition) is 0. The summed E-state index contributed by atoms with van der Waals surface area (Å²) in [4.78, 5) is 4.61. The molecule has 0 unspecified atom stereocenters. The predicted octanol–water partition coefficient (Wildman–Crippen LogP) is 5.06. The summed E-state index contributed by atoms with van der Waals surface area (Å²) in [7, 11) is 2.01. The Morgan fingerprint density at radius 2 is 1.92 bits per heavy atom. The van der Waals surface area contributed by atoms with E-state index in [0.717, 1.165) is 39.6 Å². The first-order valence-corrected chi connectivity index (χ1v) is 8.66. The van der Waals surface area contributed by atoms with Crippen molar-refractivity contribution in [3.8, 4) is 11.3 Å². The van der Waals surface area contributed by atoms with Crippen LogP contribution in [0.3, 0.4) is 0 Å². The number of benzene rings is 1. The number of furan rings is 1. The average molecular weight is 331 g/mol. The van der Waals surface area contributed by atoms with Crippen molar-refractivity contribution >= 4 is 21.9 Å². The van der Waals surface area contributed by atoms with Crippen LogP contribution < -0.4 is 4.57 Å². The summed E-state index contributed by atoms with van der Waals surface area (Å²) in [6.07, 6.45) is 6.99. The Morgan fingerprint density at radius 1 is 1.08 bits per heavy atom. The fourth-order valence-corrected chi connectivity index (χ4v) is 3.39. The monoisotopic (exact) mass is 331 g/mol. The smallest absolute Gasteiger partial charge is 0.212 e. The lowest BCUT2D eigenvalue weighted by molar-refractivity contribution is -0.670. The van der Waals surface area contributed by atoms with Crippen LogP contribution >= 0.6 is 0 Å². The van der Waals surface area contributed by atoms with Crippen molar-refractivity contribution < 1.29 is 8.98 Å². The van der Waals surface area contributed by atoms with Crippen LogP contribution in [0.5, 0.6) is 0 Å². The first-order chi connectivity index (χ1) is 11.9. The highest BCUT2D eigenvalue weighted by Crippen LogP contribution is 2.35. The van der Waals surface area contributed by atoms with Gasteiger partial charge in [0.1, 0.15) is 12.6 Å². The van der Waals surface area contributed by atoms with E-state index in [9.17, 15) is 0 Å². The van der Waals surface area contributed by atoms with Crippen molar-refractivity contribution in [2.75, 3.05) is 0 Å². The van der Waals surface area contributed by atoms with E-state index < -0.39 is 0 Å². The zero-order chi connectivity index (χ0) is 17.6. The number of hydrogen-bond acceptors (Lipinski definition) is 2. The fourth-order valence-electron chi connectivity index (χ4n) is 3.39. The summed E-state index contributed by atoms with van der Waals surface area (Å²) in [5.74, 6) is 0. The van der Waals surface area contributed by atoms with Gasteiger partial charge < -0.3 is 4.42 Å². The van der Waals surface area contributed by atoms with Crippen molar-refractivity contribution in [3.05, 3.63) is 60.6 Å². The molecule has 0 aliphatic rings. The van der Waals surface area contributed by atoms with Crippen molar-refractivity contribution in [1.29, 1.82) is 0 Å². The molecule has 0 fully saturated rings. The van der Waals surface area contributed by atoms with Gasteiger partial charge in [-0.2, -0.15) is 0 Å². The number of pyridine rings is 2. The van der Waals surface area contributed by atoms with Crippen LogP contribution in [0.2, 0.25) is 0 Å². The van der Waals surface area contributed by atoms with Crippen LogP contribution in [0.25, 0.3) is 33.2 Å². The number of aromatic nitrogens is 2. The second-order valence-corrected chi connectivity index (χ2v) is 7.96. The van der Waals surface area contributed by atoms with Crippen LogP contribution in [0.4, 0.5) is 0 Å². The predicted molar refractivity (Wildman–Crippen MR) is 101 cm³/mol. The quantitative estimate of drug-likeness (QED) is 0.480. The molecular formula is C22H23N2O+. The number of nitrogens with zero attached hydrogens (tertiary/aromatic N) is 2. The molecule has 0 spiro atoms. The van der Waals surface area contributed by atoms with Crippen LogP contribution in [-0.2, 0) is 13.5 Å². The standard InChI is InChI=1S/C22H23N2O/c1-22(2,3)13-15-8-10-23-19(12-15)18-7-5-6-17-16-9-11-24(4)14-20(16)25-21(17)18/h5-12,14H,13H2,1-4H3/q+1. The van der Waals surface area contributed by atoms with Gasteiger partial charge in [-0.15, -0.1) is 0 Å². The summed E-state index contributed by atoms with van der Waals surface area (Å²) in [5.41, 5.74) is 5.38. The molecule has 0 aliphatic heterocycles. The number of rotatable bonds is 2. The zero-order valence-corrected chi connectivity index (χ0v) is 15.2. The SMILES string of the molecule is C[n+]1ccc2c(c1)oc1c(-c3cc(CC(C)(C)C)ccn3)cccc12. The lowest BCUT2D eigenvalue weighted by Gasteiger charge is -2.18. The number of fused-ring (bicyclic) bond motifs is 3. The van der Waals surface area contributed by atoms with E-state index in [1.54, 1.807) is 0 Å². The average Bonchev–Trinajstić information content (AvgIpc) is 2.90. The first kappa shape index (κ1) is 15.8. The summed E-state index contributed by atoms with van der Waals surface area (Å²) in [5, 5.41) is 2.27. The van der Waals surface area contributed by atoms with Crippen LogP contribution in [-0.4, -0.2) is 4.98 Å². The van der Waals surface area contributed by atoms with Gasteiger partial charge in [0.15, 0.2) is 11.8 Å². The van der Waals surface area contributed by atoms with Gasteiger partial charge in [0.05, 0.1) is 5.69 Å². The molecular weight excluding hydrogens is 308 g/mol. The lowest BCUT2D eigenvalue weighted by Crippen LogP contribution is -2.25. The summed E-state index contributed by atoms with van der Waals surface area (Å²) < 4.78 is 8.21. The molecule has 3 heteroatoms. The molecule has 0 atom stereocenters. The molecule has 3 aromatic heterocycles. The summed E-state index contributed by atoms with van der Waals surface area (Å²) >= 11 is 0. The Balaban J connectivity index is 1.89. The van der Waals surface area contributed by atoms with Gasteiger partial charge >= 0.3 is 0 Å². The van der Waals surface area contributed by atoms with Gasteiger partial charge in [-0.05, 0) is 35.6 Å². The van der Waals surface area contributed by atoms with E-state index in [-0.39, 0.29) is 5.41 Å². The van der Waals surface area contributed by atoms with Crippen LogP contribution in [0.1, 0.15) is 26.3 Å². The molecule has 0 aliphatic carbocycles. The summed E-state index contributed by atoms with van der Waals surface area (Å²) in [6.45, 7) is 6.77. The Hall–Kier alpha value is -2.68. The number of aryl methyl sites for hydroxylation is 1. The van der Waals surface area contributed by atoms with Crippen molar-refractivity contribution in [1.82, 2.24) is 4.98 Å². The normalized spacial score (nSPS) is 12.2. The van der Waals surface area contributed by atoms with E-state index in [4.69, 9.17) is 4.42 Å². The van der Waals surface area contributed by atoms with Gasteiger partial charge in [0, 0.05) is 28.6 Å². The van der Waals surface area contributed by atoms with E-state index in [0.29, 0.717) is 0 Å². The Kier molecular flexibility index (Phi) is 3.60. The van der Waals surface area contributed by atoms with E-state index in [2.05, 4.69) is 62.2 Å². The zero-order valence-electron chi connectivity index (χ0n) is 15.2. The van der Waals surface area contributed by atoms with Crippen molar-refractivity contribution in [2.24, 2.45) is 12.5 Å². The minimum atomic E-state index is 0.249. The van der Waals surface area contributed by atoms with Gasteiger partial charge in [-0.3, -0.25) is 4.98 Å². The summed E-state index contributed by atoms with van der Waals surface area (Å²) in [6, 6.07) is 12.7. The van der Waals surface area contributed by atoms with Gasteiger partial charge in [-0.1, -0.05) is 32.9 Å². The highest BCUT2D eigenvalue weighted by molar-refractivity contribution is 6.08. The Morgan fingerprint density at radius 3 is 2.72 bits per heavy atom. The Labute approximate surface area is 147 Å². The maximum atomic E-state index is 6.20.